The molecule has 0 aromatic heterocycles. The lowest BCUT2D eigenvalue weighted by Gasteiger charge is -2.34. The molecular formula is C23H32N2O6. The quantitative estimate of drug-likeness (QED) is 0.441. The first kappa shape index (κ1) is 23.2. The number of hydrogen-bond donors (Lipinski definition) is 0. The van der Waals surface area contributed by atoms with Gasteiger partial charge in [0.15, 0.2) is 6.29 Å². The van der Waals surface area contributed by atoms with Gasteiger partial charge in [0.2, 0.25) is 11.8 Å². The number of anilines is 1. The Balaban J connectivity index is 1.83. The lowest BCUT2D eigenvalue weighted by Crippen LogP contribution is -2.51. The minimum Gasteiger partial charge on any atom is -0.494 e. The second kappa shape index (κ2) is 10.7. The van der Waals surface area contributed by atoms with Crippen LogP contribution in [0.5, 0.6) is 5.75 Å². The third kappa shape index (κ3) is 5.25. The van der Waals surface area contributed by atoms with E-state index in [9.17, 15) is 14.4 Å². The van der Waals surface area contributed by atoms with Gasteiger partial charge in [0.05, 0.1) is 25.3 Å². The maximum atomic E-state index is 13.4. The molecule has 1 atom stereocenters. The molecule has 8 nitrogen and oxygen atoms in total. The second-order valence-corrected chi connectivity index (χ2v) is 7.94. The van der Waals surface area contributed by atoms with Crippen molar-refractivity contribution in [1.82, 2.24) is 4.90 Å². The zero-order valence-corrected chi connectivity index (χ0v) is 18.5. The lowest BCUT2D eigenvalue weighted by atomic mass is 9.88. The van der Waals surface area contributed by atoms with Gasteiger partial charge < -0.3 is 19.1 Å². The van der Waals surface area contributed by atoms with Crippen LogP contribution in [-0.4, -0.2) is 62.3 Å². The largest absolute Gasteiger partial charge is 0.494 e. The van der Waals surface area contributed by atoms with Crippen LogP contribution in [0.4, 0.5) is 5.69 Å². The molecule has 3 rings (SSSR count). The van der Waals surface area contributed by atoms with Crippen LogP contribution in [0.25, 0.3) is 0 Å². The van der Waals surface area contributed by atoms with Crippen LogP contribution in [0.3, 0.4) is 0 Å². The van der Waals surface area contributed by atoms with E-state index in [1.54, 1.807) is 24.3 Å². The van der Waals surface area contributed by atoms with Gasteiger partial charge in [-0.05, 0) is 44.0 Å². The molecule has 1 saturated carbocycles. The summed E-state index contributed by atoms with van der Waals surface area (Å²) >= 11 is 0. The van der Waals surface area contributed by atoms with E-state index in [-0.39, 0.29) is 30.7 Å². The average Bonchev–Trinajstić information content (AvgIpc) is 3.09. The fourth-order valence-corrected chi connectivity index (χ4v) is 4.35. The van der Waals surface area contributed by atoms with Gasteiger partial charge >= 0.3 is 0 Å². The van der Waals surface area contributed by atoms with Crippen molar-refractivity contribution in [3.8, 4) is 5.75 Å². The second-order valence-electron chi connectivity index (χ2n) is 7.94. The third-order valence-electron chi connectivity index (χ3n) is 6.01. The van der Waals surface area contributed by atoms with Gasteiger partial charge in [0.25, 0.3) is 5.91 Å². The molecule has 8 heteroatoms. The molecular weight excluding hydrogens is 400 g/mol. The molecule has 2 fully saturated rings. The summed E-state index contributed by atoms with van der Waals surface area (Å²) in [6.45, 7) is 2.52. The van der Waals surface area contributed by atoms with Crippen molar-refractivity contribution in [2.75, 3.05) is 32.3 Å². The van der Waals surface area contributed by atoms with Crippen molar-refractivity contribution in [2.45, 2.75) is 57.8 Å². The van der Waals surface area contributed by atoms with Crippen molar-refractivity contribution in [3.63, 3.8) is 0 Å². The van der Waals surface area contributed by atoms with Crippen LogP contribution in [0.1, 0.15) is 45.4 Å². The van der Waals surface area contributed by atoms with Gasteiger partial charge in [0, 0.05) is 20.1 Å². The SMILES string of the molecule is CCOc1ccc(N2C(=O)CC(N(CC(OC)OC)C(=O)C3CCCCC3)C2=O)cc1. The highest BCUT2D eigenvalue weighted by Gasteiger charge is 2.46. The molecule has 1 aliphatic heterocycles. The fourth-order valence-electron chi connectivity index (χ4n) is 4.35. The van der Waals surface area contributed by atoms with Crippen LogP contribution < -0.4 is 9.64 Å². The van der Waals surface area contributed by atoms with Crippen molar-refractivity contribution in [3.05, 3.63) is 24.3 Å². The van der Waals surface area contributed by atoms with Gasteiger partial charge in [-0.25, -0.2) is 4.90 Å². The van der Waals surface area contributed by atoms with Crippen LogP contribution in [0.15, 0.2) is 24.3 Å². The Kier molecular flexibility index (Phi) is 8.03. The molecule has 31 heavy (non-hydrogen) atoms. The fraction of sp³-hybridized carbons (Fsp3) is 0.609. The number of carbonyl (C=O) groups excluding carboxylic acids is 3. The topological polar surface area (TPSA) is 85.4 Å². The molecule has 0 radical (unpaired) electrons. The van der Waals surface area contributed by atoms with E-state index in [1.165, 1.54) is 19.1 Å². The number of amides is 3. The Morgan fingerprint density at radius 1 is 1.10 bits per heavy atom. The molecule has 1 unspecified atom stereocenters. The Morgan fingerprint density at radius 3 is 2.32 bits per heavy atom. The maximum Gasteiger partial charge on any atom is 0.257 e. The predicted molar refractivity (Wildman–Crippen MR) is 115 cm³/mol. The van der Waals surface area contributed by atoms with Crippen molar-refractivity contribution >= 4 is 23.4 Å². The van der Waals surface area contributed by atoms with E-state index < -0.39 is 18.2 Å². The van der Waals surface area contributed by atoms with E-state index in [0.717, 1.165) is 37.0 Å². The van der Waals surface area contributed by atoms with Crippen LogP contribution in [0.2, 0.25) is 0 Å². The van der Waals surface area contributed by atoms with Gasteiger partial charge in [-0.15, -0.1) is 0 Å². The summed E-state index contributed by atoms with van der Waals surface area (Å²) in [6, 6.07) is 5.96. The Labute approximate surface area is 183 Å². The molecule has 1 saturated heterocycles. The van der Waals surface area contributed by atoms with Gasteiger partial charge in [-0.1, -0.05) is 19.3 Å². The van der Waals surface area contributed by atoms with Gasteiger partial charge in [0.1, 0.15) is 11.8 Å². The number of imide groups is 1. The first-order valence-electron chi connectivity index (χ1n) is 11.0. The summed E-state index contributed by atoms with van der Waals surface area (Å²) in [4.78, 5) is 42.2. The molecule has 0 bridgehead atoms. The van der Waals surface area contributed by atoms with E-state index in [2.05, 4.69) is 0 Å². The smallest absolute Gasteiger partial charge is 0.257 e. The molecule has 1 heterocycles. The Hall–Kier alpha value is -2.45. The van der Waals surface area contributed by atoms with Crippen LogP contribution in [0, 0.1) is 5.92 Å². The van der Waals surface area contributed by atoms with Crippen molar-refractivity contribution < 1.29 is 28.6 Å². The molecule has 1 aromatic carbocycles. The van der Waals surface area contributed by atoms with Crippen molar-refractivity contribution in [1.29, 1.82) is 0 Å². The first-order valence-corrected chi connectivity index (χ1v) is 11.0. The minimum absolute atomic E-state index is 0.0509. The highest BCUT2D eigenvalue weighted by Crippen LogP contribution is 2.31. The Bertz CT molecular complexity index is 771. The molecule has 1 aromatic rings. The van der Waals surface area contributed by atoms with E-state index in [4.69, 9.17) is 14.2 Å². The molecule has 2 aliphatic rings. The number of benzene rings is 1. The van der Waals surface area contributed by atoms with Gasteiger partial charge in [-0.2, -0.15) is 0 Å². The zero-order valence-electron chi connectivity index (χ0n) is 18.5. The van der Waals surface area contributed by atoms with Crippen LogP contribution >= 0.6 is 0 Å². The lowest BCUT2D eigenvalue weighted by molar-refractivity contribution is -0.156. The average molecular weight is 433 g/mol. The molecule has 0 spiro atoms. The number of hydrogen-bond acceptors (Lipinski definition) is 6. The molecule has 170 valence electrons. The summed E-state index contributed by atoms with van der Waals surface area (Å²) in [6.07, 6.45) is 4.00. The first-order chi connectivity index (χ1) is 15.0. The molecule has 1 aliphatic carbocycles. The standard InChI is InChI=1S/C23H32N2O6/c1-4-31-18-12-10-17(11-13-18)25-20(26)14-19(23(25)28)24(15-21(29-2)30-3)22(27)16-8-6-5-7-9-16/h10-13,16,19,21H,4-9,14-15H2,1-3H3. The molecule has 3 amide bonds. The zero-order chi connectivity index (χ0) is 22.4. The van der Waals surface area contributed by atoms with E-state index in [1.807, 2.05) is 6.92 Å². The maximum absolute atomic E-state index is 13.4. The number of nitrogens with zero attached hydrogens (tertiary/aromatic N) is 2. The summed E-state index contributed by atoms with van der Waals surface area (Å²) < 4.78 is 16.0. The predicted octanol–water partition coefficient (Wildman–Crippen LogP) is 2.75. The van der Waals surface area contributed by atoms with Crippen LogP contribution in [-0.2, 0) is 23.9 Å². The monoisotopic (exact) mass is 432 g/mol. The molecule has 0 N–H and O–H groups in total. The summed E-state index contributed by atoms with van der Waals surface area (Å²) in [5, 5.41) is 0. The number of carbonyl (C=O) groups is 3. The van der Waals surface area contributed by atoms with E-state index >= 15 is 0 Å². The normalized spacial score (nSPS) is 19.9. The highest BCUT2D eigenvalue weighted by atomic mass is 16.7. The minimum atomic E-state index is -0.860. The van der Waals surface area contributed by atoms with E-state index in [0.29, 0.717) is 18.0 Å². The Morgan fingerprint density at radius 2 is 1.74 bits per heavy atom. The number of methoxy groups -OCH3 is 2. The summed E-state index contributed by atoms with van der Waals surface area (Å²) in [5.74, 6) is -0.292. The van der Waals surface area contributed by atoms with Gasteiger partial charge in [-0.3, -0.25) is 14.4 Å². The number of rotatable bonds is 9. The highest BCUT2D eigenvalue weighted by molar-refractivity contribution is 6.23. The summed E-state index contributed by atoms with van der Waals surface area (Å²) in [5.41, 5.74) is 0.473. The third-order valence-corrected chi connectivity index (χ3v) is 6.01. The summed E-state index contributed by atoms with van der Waals surface area (Å²) in [7, 11) is 2.98. The number of ether oxygens (including phenoxy) is 3. The van der Waals surface area contributed by atoms with Crippen molar-refractivity contribution in [2.24, 2.45) is 5.92 Å².